The lowest BCUT2D eigenvalue weighted by molar-refractivity contribution is -0.137. The number of ether oxygens (including phenoxy) is 2. The van der Waals surface area contributed by atoms with Gasteiger partial charge in [-0.3, -0.25) is 9.59 Å². The number of nitrogens with one attached hydrogen (secondary N) is 2. The van der Waals surface area contributed by atoms with Gasteiger partial charge in [-0.2, -0.15) is 0 Å². The second kappa shape index (κ2) is 8.93. The first-order valence-electron chi connectivity index (χ1n) is 11.6. The molecule has 0 aromatic heterocycles. The summed E-state index contributed by atoms with van der Waals surface area (Å²) in [6, 6.07) is 0. The summed E-state index contributed by atoms with van der Waals surface area (Å²) >= 11 is 0. The third-order valence-corrected chi connectivity index (χ3v) is 7.27. The second-order valence-electron chi connectivity index (χ2n) is 9.93. The minimum absolute atomic E-state index is 0.000763. The summed E-state index contributed by atoms with van der Waals surface area (Å²) in [6.07, 6.45) is 7.57. The molecule has 2 amide bonds. The number of epoxide rings is 2. The highest BCUT2D eigenvalue weighted by atomic mass is 16.6. The van der Waals surface area contributed by atoms with Crippen LogP contribution >= 0.6 is 0 Å². The molecule has 6 nitrogen and oxygen atoms in total. The molecule has 6 unspecified atom stereocenters. The van der Waals surface area contributed by atoms with Crippen LogP contribution in [0.2, 0.25) is 0 Å². The van der Waals surface area contributed by atoms with Crippen LogP contribution < -0.4 is 10.6 Å². The predicted molar refractivity (Wildman–Crippen MR) is 112 cm³/mol. The van der Waals surface area contributed by atoms with E-state index in [4.69, 9.17) is 9.47 Å². The van der Waals surface area contributed by atoms with Gasteiger partial charge in [-0.05, 0) is 85.5 Å². The Morgan fingerprint density at radius 2 is 1.48 bits per heavy atom. The highest BCUT2D eigenvalue weighted by molar-refractivity contribution is 5.87. The number of hydrogen-bond acceptors (Lipinski definition) is 4. The fourth-order valence-electron chi connectivity index (χ4n) is 5.15. The molecule has 0 radical (unpaired) electrons. The van der Waals surface area contributed by atoms with Gasteiger partial charge in [0.05, 0.1) is 23.4 Å². The van der Waals surface area contributed by atoms with Gasteiger partial charge in [0.1, 0.15) is 0 Å². The summed E-state index contributed by atoms with van der Waals surface area (Å²) in [5.74, 6) is 0.161. The van der Waals surface area contributed by atoms with Crippen LogP contribution in [0.1, 0.15) is 79.6 Å². The molecular formula is C23H40N2O4. The Morgan fingerprint density at radius 3 is 2.07 bits per heavy atom. The maximum Gasteiger partial charge on any atom is 0.223 e. The Balaban J connectivity index is 1.45. The molecule has 0 bridgehead atoms. The van der Waals surface area contributed by atoms with E-state index in [1.807, 2.05) is 13.8 Å². The largest absolute Gasteiger partial charge is 0.367 e. The molecule has 2 saturated heterocycles. The van der Waals surface area contributed by atoms with Crippen LogP contribution in [0.5, 0.6) is 0 Å². The predicted octanol–water partition coefficient (Wildman–Crippen LogP) is 3.19. The molecule has 2 N–H and O–H groups in total. The molecule has 0 spiro atoms. The third kappa shape index (κ3) is 5.52. The molecular weight excluding hydrogens is 368 g/mol. The minimum Gasteiger partial charge on any atom is -0.367 e. The van der Waals surface area contributed by atoms with Crippen molar-refractivity contribution in [1.29, 1.82) is 0 Å². The monoisotopic (exact) mass is 408 g/mol. The van der Waals surface area contributed by atoms with Crippen LogP contribution in [0.4, 0.5) is 0 Å². The van der Waals surface area contributed by atoms with E-state index < -0.39 is 0 Å². The van der Waals surface area contributed by atoms with Crippen molar-refractivity contribution in [3.05, 3.63) is 0 Å². The molecule has 3 rings (SSSR count). The van der Waals surface area contributed by atoms with E-state index in [1.165, 1.54) is 0 Å². The zero-order valence-corrected chi connectivity index (χ0v) is 18.9. The SMILES string of the molecule is CCNC(=O)C1CCC(CCC2OC2(C)CCC2OC2(C)C)CC1C(=O)NCC. The van der Waals surface area contributed by atoms with E-state index >= 15 is 0 Å². The van der Waals surface area contributed by atoms with Crippen molar-refractivity contribution in [2.75, 3.05) is 13.1 Å². The van der Waals surface area contributed by atoms with Crippen molar-refractivity contribution in [2.45, 2.75) is 103 Å². The molecule has 3 aliphatic rings. The van der Waals surface area contributed by atoms with Gasteiger partial charge in [0.15, 0.2) is 0 Å². The van der Waals surface area contributed by atoms with Crippen molar-refractivity contribution in [2.24, 2.45) is 17.8 Å². The van der Waals surface area contributed by atoms with Gasteiger partial charge in [0.2, 0.25) is 11.8 Å². The molecule has 1 saturated carbocycles. The van der Waals surface area contributed by atoms with Gasteiger partial charge in [-0.25, -0.2) is 0 Å². The van der Waals surface area contributed by atoms with Gasteiger partial charge in [0, 0.05) is 24.9 Å². The lowest BCUT2D eigenvalue weighted by Crippen LogP contribution is -2.45. The normalized spacial score (nSPS) is 37.6. The topological polar surface area (TPSA) is 83.3 Å². The molecule has 2 aliphatic heterocycles. The standard InChI is InChI=1S/C23H40N2O4/c1-6-24-20(26)16-10-8-15(14-17(16)21(27)25-7-2)9-11-19-23(5,29-19)13-12-18-22(3,4)28-18/h15-19H,6-14H2,1-5H3,(H,24,26)(H,25,27). The molecule has 1 aliphatic carbocycles. The van der Waals surface area contributed by atoms with Gasteiger partial charge in [0.25, 0.3) is 0 Å². The van der Waals surface area contributed by atoms with Gasteiger partial charge in [-0.1, -0.05) is 0 Å². The number of hydrogen-bond donors (Lipinski definition) is 2. The molecule has 2 heterocycles. The summed E-state index contributed by atoms with van der Waals surface area (Å²) in [5.41, 5.74) is 0.0523. The van der Waals surface area contributed by atoms with Crippen LogP contribution in [0.15, 0.2) is 0 Å². The first-order valence-corrected chi connectivity index (χ1v) is 11.6. The van der Waals surface area contributed by atoms with Crippen LogP contribution in [-0.2, 0) is 19.1 Å². The zero-order valence-electron chi connectivity index (χ0n) is 18.9. The van der Waals surface area contributed by atoms with Crippen LogP contribution in [0.25, 0.3) is 0 Å². The number of amides is 2. The Hall–Kier alpha value is -1.14. The summed E-state index contributed by atoms with van der Waals surface area (Å²) in [7, 11) is 0. The number of carbonyl (C=O) groups is 2. The second-order valence-corrected chi connectivity index (χ2v) is 9.93. The lowest BCUT2D eigenvalue weighted by Gasteiger charge is -2.34. The van der Waals surface area contributed by atoms with Crippen molar-refractivity contribution in [1.82, 2.24) is 10.6 Å². The van der Waals surface area contributed by atoms with E-state index in [2.05, 4.69) is 31.4 Å². The average molecular weight is 409 g/mol. The van der Waals surface area contributed by atoms with Gasteiger partial charge in [-0.15, -0.1) is 0 Å². The highest BCUT2D eigenvalue weighted by Gasteiger charge is 2.55. The molecule has 29 heavy (non-hydrogen) atoms. The Kier molecular flexibility index (Phi) is 6.94. The van der Waals surface area contributed by atoms with Crippen molar-refractivity contribution in [3.8, 4) is 0 Å². The zero-order chi connectivity index (χ0) is 21.2. The van der Waals surface area contributed by atoms with Gasteiger partial charge >= 0.3 is 0 Å². The average Bonchev–Trinajstić information content (AvgIpc) is 3.52. The lowest BCUT2D eigenvalue weighted by atomic mass is 9.71. The molecule has 0 aromatic rings. The van der Waals surface area contributed by atoms with E-state index in [1.54, 1.807) is 0 Å². The molecule has 0 aromatic carbocycles. The van der Waals surface area contributed by atoms with Crippen LogP contribution in [-0.4, -0.2) is 48.3 Å². The highest BCUT2D eigenvalue weighted by Crippen LogP contribution is 2.48. The summed E-state index contributed by atoms with van der Waals surface area (Å²) in [6.45, 7) is 11.6. The van der Waals surface area contributed by atoms with E-state index in [9.17, 15) is 9.59 Å². The first-order chi connectivity index (χ1) is 13.7. The maximum atomic E-state index is 12.6. The molecule has 6 heteroatoms. The van der Waals surface area contributed by atoms with Crippen molar-refractivity contribution < 1.29 is 19.1 Å². The van der Waals surface area contributed by atoms with E-state index in [0.29, 0.717) is 31.2 Å². The Morgan fingerprint density at radius 1 is 0.862 bits per heavy atom. The Labute approximate surface area is 175 Å². The molecule has 6 atom stereocenters. The quantitative estimate of drug-likeness (QED) is 0.544. The van der Waals surface area contributed by atoms with Crippen molar-refractivity contribution >= 4 is 11.8 Å². The maximum absolute atomic E-state index is 12.6. The van der Waals surface area contributed by atoms with E-state index in [-0.39, 0.29) is 34.9 Å². The van der Waals surface area contributed by atoms with Gasteiger partial charge < -0.3 is 20.1 Å². The molecule has 166 valence electrons. The van der Waals surface area contributed by atoms with Crippen LogP contribution in [0, 0.1) is 17.8 Å². The van der Waals surface area contributed by atoms with Crippen LogP contribution in [0.3, 0.4) is 0 Å². The summed E-state index contributed by atoms with van der Waals surface area (Å²) in [4.78, 5) is 25.0. The first kappa shape index (κ1) is 22.5. The summed E-state index contributed by atoms with van der Waals surface area (Å²) in [5, 5.41) is 5.85. The smallest absolute Gasteiger partial charge is 0.223 e. The minimum atomic E-state index is -0.207. The fourth-order valence-corrected chi connectivity index (χ4v) is 5.15. The Bertz CT molecular complexity index is 608. The fraction of sp³-hybridized carbons (Fsp3) is 0.913. The number of rotatable bonds is 10. The van der Waals surface area contributed by atoms with Crippen molar-refractivity contribution in [3.63, 3.8) is 0 Å². The number of carbonyl (C=O) groups excluding carboxylic acids is 2. The molecule has 3 fully saturated rings. The summed E-state index contributed by atoms with van der Waals surface area (Å²) < 4.78 is 11.7. The van der Waals surface area contributed by atoms with E-state index in [0.717, 1.165) is 44.9 Å². The third-order valence-electron chi connectivity index (χ3n) is 7.27.